The lowest BCUT2D eigenvalue weighted by Gasteiger charge is -2.19. The maximum Gasteiger partial charge on any atom is 0.273 e. The van der Waals surface area contributed by atoms with Crippen molar-refractivity contribution >= 4 is 33.6 Å². The molecule has 117 valence electrons. The number of allylic oxidation sites excluding steroid dienone is 2. The third-order valence-corrected chi connectivity index (χ3v) is 4.73. The van der Waals surface area contributed by atoms with Gasteiger partial charge in [0, 0.05) is 23.1 Å². The number of nitro benzene ring substituents is 1. The Morgan fingerprint density at radius 2 is 1.79 bits per heavy atom. The van der Waals surface area contributed by atoms with Crippen LogP contribution in [-0.2, 0) is 6.42 Å². The fourth-order valence-corrected chi connectivity index (χ4v) is 3.49. The van der Waals surface area contributed by atoms with Crippen molar-refractivity contribution in [2.75, 3.05) is 0 Å². The quantitative estimate of drug-likeness (QED) is 0.452. The molecule has 0 N–H and O–H groups in total. The van der Waals surface area contributed by atoms with Crippen molar-refractivity contribution in [1.82, 2.24) is 0 Å². The van der Waals surface area contributed by atoms with Crippen LogP contribution in [0.2, 0.25) is 5.02 Å². The molecule has 0 aliphatic heterocycles. The Balaban J connectivity index is 1.84. The standard InChI is InChI=1S/C20H13ClNO2/c21-19-10-11-20(22(23)24)17-9-8-14(12-18(17)19)16-7-3-5-13-4-1-2-6-15(13)16/h1-8,10-12H,9H2. The molecular formula is C20H13ClNO2. The highest BCUT2D eigenvalue weighted by Crippen LogP contribution is 2.39. The molecule has 0 unspecified atom stereocenters. The molecule has 4 heteroatoms. The van der Waals surface area contributed by atoms with E-state index < -0.39 is 0 Å². The van der Waals surface area contributed by atoms with Crippen LogP contribution in [0.3, 0.4) is 0 Å². The van der Waals surface area contributed by atoms with E-state index in [1.165, 1.54) is 11.5 Å². The summed E-state index contributed by atoms with van der Waals surface area (Å²) >= 11 is 6.31. The number of benzene rings is 3. The highest BCUT2D eigenvalue weighted by Gasteiger charge is 2.24. The number of nitro groups is 1. The molecule has 0 amide bonds. The minimum Gasteiger partial charge on any atom is -0.258 e. The molecule has 1 aliphatic rings. The van der Waals surface area contributed by atoms with Crippen molar-refractivity contribution in [3.63, 3.8) is 0 Å². The van der Waals surface area contributed by atoms with Crippen molar-refractivity contribution in [3.05, 3.63) is 98.9 Å². The summed E-state index contributed by atoms with van der Waals surface area (Å²) in [6, 6.07) is 17.4. The van der Waals surface area contributed by atoms with E-state index in [0.717, 1.165) is 22.1 Å². The molecule has 0 fully saturated rings. The third-order valence-electron chi connectivity index (χ3n) is 4.40. The Labute approximate surface area is 144 Å². The van der Waals surface area contributed by atoms with E-state index in [9.17, 15) is 10.1 Å². The van der Waals surface area contributed by atoms with Gasteiger partial charge in [0.25, 0.3) is 5.69 Å². The van der Waals surface area contributed by atoms with Gasteiger partial charge in [0.15, 0.2) is 0 Å². The molecular weight excluding hydrogens is 322 g/mol. The molecule has 0 atom stereocenters. The highest BCUT2D eigenvalue weighted by atomic mass is 35.5. The van der Waals surface area contributed by atoms with Gasteiger partial charge < -0.3 is 0 Å². The number of rotatable bonds is 2. The van der Waals surface area contributed by atoms with Gasteiger partial charge in [-0.15, -0.1) is 0 Å². The number of fused-ring (bicyclic) bond motifs is 2. The molecule has 0 heterocycles. The molecule has 3 aromatic carbocycles. The fourth-order valence-electron chi connectivity index (χ4n) is 3.26. The van der Waals surface area contributed by atoms with Crippen LogP contribution in [0.25, 0.3) is 16.3 Å². The van der Waals surface area contributed by atoms with Gasteiger partial charge in [-0.25, -0.2) is 0 Å². The number of nitrogens with zero attached hydrogens (tertiary/aromatic N) is 1. The molecule has 0 aromatic heterocycles. The predicted molar refractivity (Wildman–Crippen MR) is 97.1 cm³/mol. The first-order chi connectivity index (χ1) is 11.6. The van der Waals surface area contributed by atoms with E-state index in [2.05, 4.69) is 24.3 Å². The molecule has 1 radical (unpaired) electrons. The second-order valence-electron chi connectivity index (χ2n) is 5.75. The Morgan fingerprint density at radius 1 is 1.00 bits per heavy atom. The van der Waals surface area contributed by atoms with Crippen LogP contribution in [0.5, 0.6) is 0 Å². The fraction of sp³-hybridized carbons (Fsp3) is 0.0500. The monoisotopic (exact) mass is 334 g/mol. The van der Waals surface area contributed by atoms with Crippen LogP contribution in [0.15, 0.2) is 60.7 Å². The Morgan fingerprint density at radius 3 is 2.62 bits per heavy atom. The number of halogens is 1. The second-order valence-corrected chi connectivity index (χ2v) is 6.16. The normalized spacial score (nSPS) is 13.5. The maximum absolute atomic E-state index is 11.2. The van der Waals surface area contributed by atoms with Crippen molar-refractivity contribution in [3.8, 4) is 0 Å². The first kappa shape index (κ1) is 14.9. The van der Waals surface area contributed by atoms with Crippen LogP contribution < -0.4 is 0 Å². The van der Waals surface area contributed by atoms with Gasteiger partial charge in [-0.1, -0.05) is 60.1 Å². The van der Waals surface area contributed by atoms with E-state index >= 15 is 0 Å². The molecule has 0 bridgehead atoms. The van der Waals surface area contributed by atoms with E-state index in [-0.39, 0.29) is 10.6 Å². The molecule has 0 spiro atoms. The van der Waals surface area contributed by atoms with Crippen molar-refractivity contribution in [2.45, 2.75) is 6.42 Å². The van der Waals surface area contributed by atoms with Crippen LogP contribution in [0.1, 0.15) is 16.7 Å². The summed E-state index contributed by atoms with van der Waals surface area (Å²) in [6.45, 7) is 0. The summed E-state index contributed by atoms with van der Waals surface area (Å²) in [5.74, 6) is 0. The average Bonchev–Trinajstić information content (AvgIpc) is 2.61. The lowest BCUT2D eigenvalue weighted by Crippen LogP contribution is -2.05. The molecule has 1 aliphatic carbocycles. The summed E-state index contributed by atoms with van der Waals surface area (Å²) in [7, 11) is 0. The molecule has 0 saturated carbocycles. The minimum absolute atomic E-state index is 0.124. The largest absolute Gasteiger partial charge is 0.273 e. The van der Waals surface area contributed by atoms with Gasteiger partial charge in [-0.2, -0.15) is 0 Å². The van der Waals surface area contributed by atoms with Gasteiger partial charge in [0.1, 0.15) is 0 Å². The van der Waals surface area contributed by atoms with Gasteiger partial charge in [0.2, 0.25) is 0 Å². The van der Waals surface area contributed by atoms with Gasteiger partial charge in [0.05, 0.1) is 4.92 Å². The Bertz CT molecular complexity index is 1000. The van der Waals surface area contributed by atoms with Crippen LogP contribution in [-0.4, -0.2) is 4.92 Å². The van der Waals surface area contributed by atoms with Crippen molar-refractivity contribution < 1.29 is 4.92 Å². The molecule has 4 rings (SSSR count). The second kappa shape index (κ2) is 5.77. The molecule has 0 saturated heterocycles. The summed E-state index contributed by atoms with van der Waals surface area (Å²) < 4.78 is 0. The van der Waals surface area contributed by atoms with Crippen LogP contribution in [0.4, 0.5) is 5.69 Å². The first-order valence-corrected chi connectivity index (χ1v) is 8.02. The zero-order valence-electron chi connectivity index (χ0n) is 12.7. The summed E-state index contributed by atoms with van der Waals surface area (Å²) in [5.41, 5.74) is 3.70. The van der Waals surface area contributed by atoms with Crippen LogP contribution in [0, 0.1) is 16.5 Å². The maximum atomic E-state index is 11.2. The molecule has 24 heavy (non-hydrogen) atoms. The molecule has 3 nitrogen and oxygen atoms in total. The van der Waals surface area contributed by atoms with Gasteiger partial charge >= 0.3 is 0 Å². The lowest BCUT2D eigenvalue weighted by molar-refractivity contribution is -0.385. The van der Waals surface area contributed by atoms with Gasteiger partial charge in [-0.3, -0.25) is 10.1 Å². The van der Waals surface area contributed by atoms with E-state index in [0.29, 0.717) is 17.0 Å². The molecule has 3 aromatic rings. The Hall–Kier alpha value is -2.65. The first-order valence-electron chi connectivity index (χ1n) is 7.64. The topological polar surface area (TPSA) is 43.1 Å². The van der Waals surface area contributed by atoms with Crippen molar-refractivity contribution in [2.24, 2.45) is 0 Å². The van der Waals surface area contributed by atoms with E-state index in [4.69, 9.17) is 11.6 Å². The minimum atomic E-state index is -0.347. The summed E-state index contributed by atoms with van der Waals surface area (Å²) in [6.07, 6.45) is 4.49. The number of hydrogen-bond acceptors (Lipinski definition) is 2. The number of hydrogen-bond donors (Lipinski definition) is 0. The zero-order chi connectivity index (χ0) is 16.7. The third kappa shape index (κ3) is 2.38. The zero-order valence-corrected chi connectivity index (χ0v) is 13.5. The summed E-state index contributed by atoms with van der Waals surface area (Å²) in [4.78, 5) is 10.9. The highest BCUT2D eigenvalue weighted by molar-refractivity contribution is 6.32. The van der Waals surface area contributed by atoms with E-state index in [1.807, 2.05) is 30.7 Å². The smallest absolute Gasteiger partial charge is 0.258 e. The van der Waals surface area contributed by atoms with Crippen LogP contribution >= 0.6 is 11.6 Å². The van der Waals surface area contributed by atoms with Gasteiger partial charge in [-0.05, 0) is 40.0 Å². The average molecular weight is 335 g/mol. The summed E-state index contributed by atoms with van der Waals surface area (Å²) in [5, 5.41) is 14.1. The SMILES string of the molecule is O=[N+]([O-])c1ccc(Cl)c2c1CC=C(c1cccc3ccccc13)[CH]2. The Kier molecular flexibility index (Phi) is 3.58. The predicted octanol–water partition coefficient (Wildman–Crippen LogP) is 5.59. The van der Waals surface area contributed by atoms with Crippen molar-refractivity contribution in [1.29, 1.82) is 0 Å². The van der Waals surface area contributed by atoms with E-state index in [1.54, 1.807) is 6.07 Å². The lowest BCUT2D eigenvalue weighted by atomic mass is 9.85.